The summed E-state index contributed by atoms with van der Waals surface area (Å²) < 4.78 is 0. The van der Waals surface area contributed by atoms with Gasteiger partial charge in [-0.1, -0.05) is 18.5 Å². The van der Waals surface area contributed by atoms with E-state index in [9.17, 15) is 4.79 Å². The number of anilines is 1. The number of carbonyl (C=O) groups is 1. The van der Waals surface area contributed by atoms with E-state index in [4.69, 9.17) is 15.7 Å². The molecule has 0 amide bonds. The summed E-state index contributed by atoms with van der Waals surface area (Å²) in [4.78, 5) is 19.6. The van der Waals surface area contributed by atoms with Crippen molar-refractivity contribution in [3.63, 3.8) is 0 Å². The number of rotatable bonds is 6. The Kier molecular flexibility index (Phi) is 4.71. The van der Waals surface area contributed by atoms with E-state index in [2.05, 4.69) is 10.1 Å². The molecule has 0 aromatic carbocycles. The van der Waals surface area contributed by atoms with Crippen LogP contribution in [0, 0.1) is 0 Å². The SMILES string of the molecule is CCCCON=C(C(=O)O)c1csc(N)n1. The number of nitrogens with two attached hydrogens (primary N) is 1. The van der Waals surface area contributed by atoms with Gasteiger partial charge in [0, 0.05) is 5.38 Å². The number of hydrogen-bond acceptors (Lipinski definition) is 6. The van der Waals surface area contributed by atoms with E-state index < -0.39 is 5.97 Å². The normalized spacial score (nSPS) is 11.4. The number of aromatic nitrogens is 1. The van der Waals surface area contributed by atoms with Gasteiger partial charge in [0.25, 0.3) is 0 Å². The predicted molar refractivity (Wildman–Crippen MR) is 61.6 cm³/mol. The number of nitrogen functional groups attached to an aromatic ring is 1. The lowest BCUT2D eigenvalue weighted by molar-refractivity contribution is -0.129. The zero-order valence-electron chi connectivity index (χ0n) is 8.84. The van der Waals surface area contributed by atoms with Crippen molar-refractivity contribution < 1.29 is 14.7 Å². The zero-order valence-corrected chi connectivity index (χ0v) is 9.66. The van der Waals surface area contributed by atoms with Crippen molar-refractivity contribution in [2.45, 2.75) is 19.8 Å². The molecule has 0 spiro atoms. The fraction of sp³-hybridized carbons (Fsp3) is 0.444. The summed E-state index contributed by atoms with van der Waals surface area (Å²) in [6.45, 7) is 2.40. The van der Waals surface area contributed by atoms with Crippen molar-refractivity contribution in [1.82, 2.24) is 4.98 Å². The molecule has 0 radical (unpaired) electrons. The molecule has 1 rings (SSSR count). The van der Waals surface area contributed by atoms with Crippen LogP contribution < -0.4 is 5.73 Å². The van der Waals surface area contributed by atoms with E-state index in [1.165, 1.54) is 5.38 Å². The van der Waals surface area contributed by atoms with Crippen LogP contribution in [0.4, 0.5) is 5.13 Å². The third-order valence-corrected chi connectivity index (χ3v) is 2.39. The van der Waals surface area contributed by atoms with Gasteiger partial charge in [0.2, 0.25) is 5.71 Å². The van der Waals surface area contributed by atoms with E-state index >= 15 is 0 Å². The third kappa shape index (κ3) is 3.50. The highest BCUT2D eigenvalue weighted by atomic mass is 32.1. The Balaban J connectivity index is 2.71. The maximum atomic E-state index is 10.9. The minimum Gasteiger partial charge on any atom is -0.476 e. The van der Waals surface area contributed by atoms with Crippen molar-refractivity contribution in [2.75, 3.05) is 12.3 Å². The summed E-state index contributed by atoms with van der Waals surface area (Å²) in [5.41, 5.74) is 5.42. The van der Waals surface area contributed by atoms with Gasteiger partial charge in [-0.15, -0.1) is 11.3 Å². The van der Waals surface area contributed by atoms with E-state index in [0.717, 1.165) is 24.2 Å². The van der Waals surface area contributed by atoms with Crippen molar-refractivity contribution >= 4 is 28.1 Å². The van der Waals surface area contributed by atoms with Crippen LogP contribution in [0.2, 0.25) is 0 Å². The Morgan fingerprint density at radius 1 is 1.75 bits per heavy atom. The standard InChI is InChI=1S/C9H13N3O3S/c1-2-3-4-15-12-7(8(13)14)6-5-16-9(10)11-6/h5H,2-4H2,1H3,(H2,10,11)(H,13,14). The average molecular weight is 243 g/mol. The molecule has 0 bridgehead atoms. The molecule has 16 heavy (non-hydrogen) atoms. The summed E-state index contributed by atoms with van der Waals surface area (Å²) >= 11 is 1.16. The lowest BCUT2D eigenvalue weighted by atomic mass is 10.3. The molecule has 7 heteroatoms. The topological polar surface area (TPSA) is 97.8 Å². The molecular formula is C9H13N3O3S. The van der Waals surface area contributed by atoms with Crippen LogP contribution in [-0.4, -0.2) is 28.4 Å². The maximum absolute atomic E-state index is 10.9. The van der Waals surface area contributed by atoms with Crippen LogP contribution in [0.3, 0.4) is 0 Å². The van der Waals surface area contributed by atoms with Crippen LogP contribution >= 0.6 is 11.3 Å². The molecule has 1 aromatic heterocycles. The molecule has 0 atom stereocenters. The van der Waals surface area contributed by atoms with Crippen molar-refractivity contribution in [1.29, 1.82) is 0 Å². The number of unbranched alkanes of at least 4 members (excludes halogenated alkanes) is 1. The molecule has 0 aliphatic heterocycles. The second-order valence-electron chi connectivity index (χ2n) is 3.00. The first kappa shape index (κ1) is 12.4. The smallest absolute Gasteiger partial charge is 0.360 e. The third-order valence-electron chi connectivity index (χ3n) is 1.71. The van der Waals surface area contributed by atoms with Crippen LogP contribution in [0.5, 0.6) is 0 Å². The van der Waals surface area contributed by atoms with Crippen LogP contribution in [0.25, 0.3) is 0 Å². The van der Waals surface area contributed by atoms with Gasteiger partial charge in [0.05, 0.1) is 0 Å². The minimum absolute atomic E-state index is 0.218. The van der Waals surface area contributed by atoms with Gasteiger partial charge in [-0.2, -0.15) is 0 Å². The van der Waals surface area contributed by atoms with Crippen LogP contribution in [-0.2, 0) is 9.63 Å². The Morgan fingerprint density at radius 3 is 3.00 bits per heavy atom. The summed E-state index contributed by atoms with van der Waals surface area (Å²) in [5.74, 6) is -1.18. The highest BCUT2D eigenvalue weighted by molar-refractivity contribution is 7.13. The van der Waals surface area contributed by atoms with Gasteiger partial charge in [0.15, 0.2) is 5.13 Å². The molecule has 0 saturated carbocycles. The number of carboxylic acid groups (broad SMARTS) is 1. The van der Waals surface area contributed by atoms with Gasteiger partial charge in [-0.05, 0) is 6.42 Å². The molecular weight excluding hydrogens is 230 g/mol. The minimum atomic E-state index is -1.18. The average Bonchev–Trinajstić information content (AvgIpc) is 2.64. The molecule has 6 nitrogen and oxygen atoms in total. The molecule has 0 unspecified atom stereocenters. The van der Waals surface area contributed by atoms with Gasteiger partial charge in [-0.25, -0.2) is 9.78 Å². The second kappa shape index (κ2) is 6.06. The fourth-order valence-electron chi connectivity index (χ4n) is 0.911. The molecule has 0 aliphatic rings. The molecule has 0 saturated heterocycles. The zero-order chi connectivity index (χ0) is 12.0. The molecule has 1 aromatic rings. The fourth-order valence-corrected chi connectivity index (χ4v) is 1.46. The lowest BCUT2D eigenvalue weighted by Gasteiger charge is -1.99. The molecule has 3 N–H and O–H groups in total. The quantitative estimate of drug-likeness (QED) is 0.446. The first-order valence-electron chi connectivity index (χ1n) is 4.79. The largest absolute Gasteiger partial charge is 0.476 e. The van der Waals surface area contributed by atoms with Gasteiger partial charge in [0.1, 0.15) is 12.3 Å². The summed E-state index contributed by atoms with van der Waals surface area (Å²) in [5, 5.41) is 14.3. The summed E-state index contributed by atoms with van der Waals surface area (Å²) in [6.07, 6.45) is 1.79. The molecule has 0 aliphatic carbocycles. The molecule has 1 heterocycles. The second-order valence-corrected chi connectivity index (χ2v) is 3.89. The predicted octanol–water partition coefficient (Wildman–Crippen LogP) is 1.33. The van der Waals surface area contributed by atoms with Crippen LogP contribution in [0.1, 0.15) is 25.5 Å². The van der Waals surface area contributed by atoms with E-state index in [1.807, 2.05) is 6.92 Å². The van der Waals surface area contributed by atoms with Crippen LogP contribution in [0.15, 0.2) is 10.5 Å². The number of nitrogens with zero attached hydrogens (tertiary/aromatic N) is 2. The number of thiazole rings is 1. The van der Waals surface area contributed by atoms with Gasteiger partial charge in [-0.3, -0.25) is 0 Å². The summed E-state index contributed by atoms with van der Waals surface area (Å²) in [7, 11) is 0. The van der Waals surface area contributed by atoms with E-state index in [-0.39, 0.29) is 11.4 Å². The number of carboxylic acids is 1. The van der Waals surface area contributed by atoms with Crippen molar-refractivity contribution in [2.24, 2.45) is 5.16 Å². The van der Waals surface area contributed by atoms with Crippen molar-refractivity contribution in [3.8, 4) is 0 Å². The monoisotopic (exact) mass is 243 g/mol. The van der Waals surface area contributed by atoms with Gasteiger partial charge >= 0.3 is 5.97 Å². The maximum Gasteiger partial charge on any atom is 0.360 e. The Bertz CT molecular complexity index is 389. The molecule has 0 fully saturated rings. The number of aliphatic carboxylic acids is 1. The highest BCUT2D eigenvalue weighted by Gasteiger charge is 2.16. The number of hydrogen-bond donors (Lipinski definition) is 2. The molecule has 88 valence electrons. The first-order chi connectivity index (χ1) is 7.65. The Labute approximate surface area is 96.7 Å². The first-order valence-corrected chi connectivity index (χ1v) is 5.67. The highest BCUT2D eigenvalue weighted by Crippen LogP contribution is 2.12. The van der Waals surface area contributed by atoms with Crippen molar-refractivity contribution in [3.05, 3.63) is 11.1 Å². The van der Waals surface area contributed by atoms with E-state index in [0.29, 0.717) is 11.7 Å². The Hall–Kier alpha value is -1.63. The summed E-state index contributed by atoms with van der Waals surface area (Å²) in [6, 6.07) is 0. The lowest BCUT2D eigenvalue weighted by Crippen LogP contribution is -2.15. The van der Waals surface area contributed by atoms with E-state index in [1.54, 1.807) is 0 Å². The Morgan fingerprint density at radius 2 is 2.50 bits per heavy atom. The number of oxime groups is 1. The van der Waals surface area contributed by atoms with Gasteiger partial charge < -0.3 is 15.7 Å².